The molecule has 0 aromatic heterocycles. The van der Waals surface area contributed by atoms with Crippen LogP contribution in [0.5, 0.6) is 11.5 Å². The van der Waals surface area contributed by atoms with Gasteiger partial charge in [-0.3, -0.25) is 0 Å². The molecular weight excluding hydrogens is 342 g/mol. The van der Waals surface area contributed by atoms with Crippen molar-refractivity contribution in [3.63, 3.8) is 0 Å². The quantitative estimate of drug-likeness (QED) is 0.812. The van der Waals surface area contributed by atoms with Crippen LogP contribution in [0.3, 0.4) is 0 Å². The Hall–Kier alpha value is -1.39. The molecule has 0 saturated carbocycles. The molecule has 0 fully saturated rings. The molecule has 0 saturated heterocycles. The lowest BCUT2D eigenvalue weighted by Crippen LogP contribution is -2.04. The van der Waals surface area contributed by atoms with E-state index in [0.717, 1.165) is 16.6 Å². The molecule has 5 heteroatoms. The summed E-state index contributed by atoms with van der Waals surface area (Å²) in [5.74, 6) is 1.47. The fourth-order valence-electron chi connectivity index (χ4n) is 1.80. The normalized spacial score (nSPS) is 10.3. The number of hydrogen-bond donors (Lipinski definition) is 1. The van der Waals surface area contributed by atoms with Gasteiger partial charge in [-0.15, -0.1) is 0 Å². The van der Waals surface area contributed by atoms with Gasteiger partial charge in [-0.25, -0.2) is 0 Å². The average Bonchev–Trinajstić information content (AvgIpc) is 2.42. The number of halogens is 2. The Morgan fingerprint density at radius 1 is 1.20 bits per heavy atom. The number of methoxy groups -OCH3 is 1. The number of rotatable bonds is 5. The molecule has 0 aliphatic carbocycles. The van der Waals surface area contributed by atoms with Crippen molar-refractivity contribution >= 4 is 33.2 Å². The SMILES string of the molecule is COc1ccc(CCOc2c(N)cc(Cl)cc2Br)cc1. The van der Waals surface area contributed by atoms with E-state index in [4.69, 9.17) is 26.8 Å². The second-order valence-corrected chi connectivity index (χ2v) is 5.54. The van der Waals surface area contributed by atoms with Crippen LogP contribution < -0.4 is 15.2 Å². The predicted octanol–water partition coefficient (Wildman–Crippen LogP) is 4.31. The zero-order valence-corrected chi connectivity index (χ0v) is 13.4. The Morgan fingerprint density at radius 3 is 2.50 bits per heavy atom. The molecule has 0 spiro atoms. The Kier molecular flexibility index (Phi) is 5.15. The van der Waals surface area contributed by atoms with Gasteiger partial charge in [0.2, 0.25) is 0 Å². The van der Waals surface area contributed by atoms with Gasteiger partial charge in [0.1, 0.15) is 5.75 Å². The van der Waals surface area contributed by atoms with Gasteiger partial charge < -0.3 is 15.2 Å². The van der Waals surface area contributed by atoms with Crippen LogP contribution in [0, 0.1) is 0 Å². The monoisotopic (exact) mass is 355 g/mol. The molecule has 0 heterocycles. The van der Waals surface area contributed by atoms with Gasteiger partial charge in [-0.05, 0) is 45.8 Å². The summed E-state index contributed by atoms with van der Waals surface area (Å²) in [6, 6.07) is 11.3. The maximum absolute atomic E-state index is 5.90. The van der Waals surface area contributed by atoms with E-state index in [0.29, 0.717) is 23.1 Å². The van der Waals surface area contributed by atoms with Crippen LogP contribution in [0.4, 0.5) is 5.69 Å². The summed E-state index contributed by atoms with van der Waals surface area (Å²) in [7, 11) is 1.65. The maximum atomic E-state index is 5.90. The largest absolute Gasteiger partial charge is 0.497 e. The molecule has 0 amide bonds. The lowest BCUT2D eigenvalue weighted by molar-refractivity contribution is 0.321. The van der Waals surface area contributed by atoms with E-state index >= 15 is 0 Å². The Morgan fingerprint density at radius 2 is 1.90 bits per heavy atom. The van der Waals surface area contributed by atoms with Gasteiger partial charge in [0, 0.05) is 11.4 Å². The van der Waals surface area contributed by atoms with Crippen molar-refractivity contribution in [1.82, 2.24) is 0 Å². The molecule has 2 rings (SSSR count). The van der Waals surface area contributed by atoms with Gasteiger partial charge >= 0.3 is 0 Å². The molecule has 2 aromatic rings. The van der Waals surface area contributed by atoms with E-state index in [2.05, 4.69) is 15.9 Å². The summed E-state index contributed by atoms with van der Waals surface area (Å²) in [6.45, 7) is 0.538. The van der Waals surface area contributed by atoms with Crippen molar-refractivity contribution in [2.24, 2.45) is 0 Å². The number of anilines is 1. The topological polar surface area (TPSA) is 44.5 Å². The zero-order valence-electron chi connectivity index (χ0n) is 11.0. The smallest absolute Gasteiger partial charge is 0.156 e. The molecule has 0 radical (unpaired) electrons. The van der Waals surface area contributed by atoms with Crippen molar-refractivity contribution in [2.75, 3.05) is 19.5 Å². The molecule has 0 atom stereocenters. The fraction of sp³-hybridized carbons (Fsp3) is 0.200. The molecule has 2 N–H and O–H groups in total. The molecule has 2 aromatic carbocycles. The molecular formula is C15H15BrClNO2. The molecule has 0 bridgehead atoms. The fourth-order valence-corrected chi connectivity index (χ4v) is 2.74. The predicted molar refractivity (Wildman–Crippen MR) is 85.8 cm³/mol. The third-order valence-electron chi connectivity index (χ3n) is 2.83. The zero-order chi connectivity index (χ0) is 14.5. The maximum Gasteiger partial charge on any atom is 0.156 e. The van der Waals surface area contributed by atoms with E-state index in [1.54, 1.807) is 19.2 Å². The minimum absolute atomic E-state index is 0.527. The summed E-state index contributed by atoms with van der Waals surface area (Å²) in [4.78, 5) is 0. The molecule has 106 valence electrons. The highest BCUT2D eigenvalue weighted by molar-refractivity contribution is 9.10. The van der Waals surface area contributed by atoms with Crippen LogP contribution in [-0.2, 0) is 6.42 Å². The minimum atomic E-state index is 0.527. The highest BCUT2D eigenvalue weighted by atomic mass is 79.9. The van der Waals surface area contributed by atoms with Gasteiger partial charge in [-0.1, -0.05) is 23.7 Å². The van der Waals surface area contributed by atoms with E-state index < -0.39 is 0 Å². The van der Waals surface area contributed by atoms with Crippen molar-refractivity contribution in [1.29, 1.82) is 0 Å². The van der Waals surface area contributed by atoms with Gasteiger partial charge in [0.25, 0.3) is 0 Å². The van der Waals surface area contributed by atoms with Crippen LogP contribution in [0.1, 0.15) is 5.56 Å². The molecule has 0 aliphatic heterocycles. The van der Waals surface area contributed by atoms with Gasteiger partial charge in [-0.2, -0.15) is 0 Å². The van der Waals surface area contributed by atoms with Gasteiger partial charge in [0.15, 0.2) is 5.75 Å². The molecule has 20 heavy (non-hydrogen) atoms. The third kappa shape index (κ3) is 3.81. The molecule has 0 aliphatic rings. The van der Waals surface area contributed by atoms with Gasteiger partial charge in [0.05, 0.1) is 23.9 Å². The highest BCUT2D eigenvalue weighted by Crippen LogP contribution is 2.34. The van der Waals surface area contributed by atoms with Crippen LogP contribution in [0.2, 0.25) is 5.02 Å². The second kappa shape index (κ2) is 6.86. The van der Waals surface area contributed by atoms with E-state index in [1.165, 1.54) is 5.56 Å². The summed E-state index contributed by atoms with van der Waals surface area (Å²) in [5, 5.41) is 0.580. The summed E-state index contributed by atoms with van der Waals surface area (Å²) in [6.07, 6.45) is 0.790. The summed E-state index contributed by atoms with van der Waals surface area (Å²) >= 11 is 9.30. The summed E-state index contributed by atoms with van der Waals surface area (Å²) < 4.78 is 11.6. The van der Waals surface area contributed by atoms with E-state index in [9.17, 15) is 0 Å². The number of nitrogen functional groups attached to an aromatic ring is 1. The van der Waals surface area contributed by atoms with Crippen molar-refractivity contribution in [3.8, 4) is 11.5 Å². The van der Waals surface area contributed by atoms with Crippen molar-refractivity contribution in [2.45, 2.75) is 6.42 Å². The Labute approximate surface area is 131 Å². The lowest BCUT2D eigenvalue weighted by atomic mass is 10.1. The first kappa shape index (κ1) is 15.0. The number of nitrogens with two attached hydrogens (primary N) is 1. The lowest BCUT2D eigenvalue weighted by Gasteiger charge is -2.11. The Balaban J connectivity index is 1.95. The average molecular weight is 357 g/mol. The van der Waals surface area contributed by atoms with Crippen molar-refractivity contribution in [3.05, 3.63) is 51.5 Å². The summed E-state index contributed by atoms with van der Waals surface area (Å²) in [5.41, 5.74) is 7.59. The first-order valence-electron chi connectivity index (χ1n) is 6.10. The number of benzene rings is 2. The molecule has 3 nitrogen and oxygen atoms in total. The first-order valence-corrected chi connectivity index (χ1v) is 7.27. The van der Waals surface area contributed by atoms with E-state index in [1.807, 2.05) is 24.3 Å². The molecule has 0 unspecified atom stereocenters. The van der Waals surface area contributed by atoms with Crippen LogP contribution in [-0.4, -0.2) is 13.7 Å². The van der Waals surface area contributed by atoms with E-state index in [-0.39, 0.29) is 0 Å². The highest BCUT2D eigenvalue weighted by Gasteiger charge is 2.07. The number of hydrogen-bond acceptors (Lipinski definition) is 3. The second-order valence-electron chi connectivity index (χ2n) is 4.25. The van der Waals surface area contributed by atoms with Crippen molar-refractivity contribution < 1.29 is 9.47 Å². The number of ether oxygens (including phenoxy) is 2. The van der Waals surface area contributed by atoms with Crippen LogP contribution in [0.15, 0.2) is 40.9 Å². The third-order valence-corrected chi connectivity index (χ3v) is 3.64. The minimum Gasteiger partial charge on any atom is -0.497 e. The first-order chi connectivity index (χ1) is 9.60. The van der Waals surface area contributed by atoms with Crippen LogP contribution in [0.25, 0.3) is 0 Å². The van der Waals surface area contributed by atoms with Crippen LogP contribution >= 0.6 is 27.5 Å². The standard InChI is InChI=1S/C15H15BrClNO2/c1-19-12-4-2-10(3-5-12)6-7-20-15-13(16)8-11(17)9-14(15)18/h2-5,8-9H,6-7,18H2,1H3. The Bertz CT molecular complexity index is 564.